The normalized spacial score (nSPS) is 21.1. The fourth-order valence-corrected chi connectivity index (χ4v) is 2.76. The van der Waals surface area contributed by atoms with Gasteiger partial charge in [0.2, 0.25) is 5.91 Å². The lowest BCUT2D eigenvalue weighted by Crippen LogP contribution is -2.41. The topological polar surface area (TPSA) is 59.6 Å². The summed E-state index contributed by atoms with van der Waals surface area (Å²) < 4.78 is 10.5. The van der Waals surface area contributed by atoms with E-state index in [0.717, 1.165) is 43.0 Å². The molecule has 1 aliphatic heterocycles. The molecule has 2 N–H and O–H groups in total. The first-order chi connectivity index (χ1) is 10.1. The third-order valence-electron chi connectivity index (χ3n) is 4.34. The molecule has 0 spiro atoms. The summed E-state index contributed by atoms with van der Waals surface area (Å²) in [5.41, 5.74) is 0.684. The molecule has 1 aromatic rings. The SMILES string of the molecule is CCC1(C(=O)NCc2ccc(OC)cc2OC)CCNC1. The van der Waals surface area contributed by atoms with Crippen molar-refractivity contribution in [3.05, 3.63) is 23.8 Å². The molecule has 1 aliphatic rings. The van der Waals surface area contributed by atoms with E-state index in [1.165, 1.54) is 0 Å². The van der Waals surface area contributed by atoms with Gasteiger partial charge in [0.1, 0.15) is 11.5 Å². The van der Waals surface area contributed by atoms with E-state index in [-0.39, 0.29) is 11.3 Å². The van der Waals surface area contributed by atoms with Crippen molar-refractivity contribution in [1.29, 1.82) is 0 Å². The van der Waals surface area contributed by atoms with Crippen molar-refractivity contribution in [1.82, 2.24) is 10.6 Å². The van der Waals surface area contributed by atoms with Crippen LogP contribution in [0, 0.1) is 5.41 Å². The highest BCUT2D eigenvalue weighted by Gasteiger charge is 2.39. The molecule has 1 heterocycles. The summed E-state index contributed by atoms with van der Waals surface area (Å²) in [5, 5.41) is 6.32. The molecular formula is C16H24N2O3. The number of amides is 1. The van der Waals surface area contributed by atoms with Crippen molar-refractivity contribution in [2.24, 2.45) is 5.41 Å². The summed E-state index contributed by atoms with van der Waals surface area (Å²) in [7, 11) is 3.24. The molecule has 0 bridgehead atoms. The minimum atomic E-state index is -0.264. The molecule has 0 radical (unpaired) electrons. The maximum atomic E-state index is 12.5. The average molecular weight is 292 g/mol. The Kier molecular flexibility index (Phi) is 5.07. The van der Waals surface area contributed by atoms with Crippen LogP contribution in [-0.2, 0) is 11.3 Å². The molecule has 1 saturated heterocycles. The summed E-state index contributed by atoms with van der Waals surface area (Å²) in [6.07, 6.45) is 1.75. The Balaban J connectivity index is 2.04. The molecule has 0 aromatic heterocycles. The Morgan fingerprint density at radius 3 is 2.76 bits per heavy atom. The number of methoxy groups -OCH3 is 2. The first-order valence-corrected chi connectivity index (χ1v) is 7.35. The van der Waals surface area contributed by atoms with Crippen molar-refractivity contribution in [2.45, 2.75) is 26.3 Å². The summed E-state index contributed by atoms with van der Waals surface area (Å²) in [6, 6.07) is 5.62. The van der Waals surface area contributed by atoms with E-state index in [1.54, 1.807) is 14.2 Å². The van der Waals surface area contributed by atoms with Gasteiger partial charge in [-0.3, -0.25) is 4.79 Å². The maximum absolute atomic E-state index is 12.5. The largest absolute Gasteiger partial charge is 0.497 e. The van der Waals surface area contributed by atoms with Crippen LogP contribution in [0.4, 0.5) is 0 Å². The summed E-state index contributed by atoms with van der Waals surface area (Å²) >= 11 is 0. The molecule has 1 unspecified atom stereocenters. The second kappa shape index (κ2) is 6.80. The zero-order chi connectivity index (χ0) is 15.3. The highest BCUT2D eigenvalue weighted by molar-refractivity contribution is 5.83. The van der Waals surface area contributed by atoms with E-state index in [2.05, 4.69) is 17.6 Å². The lowest BCUT2D eigenvalue weighted by atomic mass is 9.83. The van der Waals surface area contributed by atoms with E-state index < -0.39 is 0 Å². The van der Waals surface area contributed by atoms with Gasteiger partial charge in [-0.1, -0.05) is 6.92 Å². The van der Waals surface area contributed by atoms with E-state index >= 15 is 0 Å². The number of hydrogen-bond acceptors (Lipinski definition) is 4. The predicted octanol–water partition coefficient (Wildman–Crippen LogP) is 1.71. The van der Waals surface area contributed by atoms with Gasteiger partial charge in [-0.2, -0.15) is 0 Å². The maximum Gasteiger partial charge on any atom is 0.227 e. The second-order valence-corrected chi connectivity index (χ2v) is 5.42. The van der Waals surface area contributed by atoms with E-state index in [0.29, 0.717) is 6.54 Å². The average Bonchev–Trinajstić information content (AvgIpc) is 3.02. The zero-order valence-electron chi connectivity index (χ0n) is 13.0. The first-order valence-electron chi connectivity index (χ1n) is 7.35. The van der Waals surface area contributed by atoms with Crippen LogP contribution in [-0.4, -0.2) is 33.2 Å². The second-order valence-electron chi connectivity index (χ2n) is 5.42. The molecular weight excluding hydrogens is 268 g/mol. The highest BCUT2D eigenvalue weighted by atomic mass is 16.5. The number of ether oxygens (including phenoxy) is 2. The Hall–Kier alpha value is -1.75. The van der Waals surface area contributed by atoms with Crippen LogP contribution in [0.25, 0.3) is 0 Å². The van der Waals surface area contributed by atoms with Gasteiger partial charge in [-0.15, -0.1) is 0 Å². The number of hydrogen-bond donors (Lipinski definition) is 2. The molecule has 5 nitrogen and oxygen atoms in total. The molecule has 1 amide bonds. The van der Waals surface area contributed by atoms with Crippen LogP contribution < -0.4 is 20.1 Å². The molecule has 0 saturated carbocycles. The van der Waals surface area contributed by atoms with Crippen molar-refractivity contribution in [3.8, 4) is 11.5 Å². The van der Waals surface area contributed by atoms with Crippen LogP contribution in [0.15, 0.2) is 18.2 Å². The van der Waals surface area contributed by atoms with Gasteiger partial charge in [-0.05, 0) is 31.5 Å². The van der Waals surface area contributed by atoms with E-state index in [9.17, 15) is 4.79 Å². The van der Waals surface area contributed by atoms with Crippen molar-refractivity contribution >= 4 is 5.91 Å². The molecule has 1 aromatic carbocycles. The first kappa shape index (κ1) is 15.6. The fourth-order valence-electron chi connectivity index (χ4n) is 2.76. The van der Waals surface area contributed by atoms with Gasteiger partial charge >= 0.3 is 0 Å². The zero-order valence-corrected chi connectivity index (χ0v) is 13.0. The monoisotopic (exact) mass is 292 g/mol. The number of rotatable bonds is 6. The van der Waals surface area contributed by atoms with Gasteiger partial charge in [0.25, 0.3) is 0 Å². The molecule has 1 fully saturated rings. The molecule has 5 heteroatoms. The Labute approximate surface area is 126 Å². The minimum Gasteiger partial charge on any atom is -0.497 e. The van der Waals surface area contributed by atoms with Crippen LogP contribution in [0.2, 0.25) is 0 Å². The third kappa shape index (κ3) is 3.29. The standard InChI is InChI=1S/C16H24N2O3/c1-4-16(7-8-17-11-16)15(19)18-10-12-5-6-13(20-2)9-14(12)21-3/h5-6,9,17H,4,7-8,10-11H2,1-3H3,(H,18,19). The number of carbonyl (C=O) groups is 1. The van der Waals surface area contributed by atoms with Gasteiger partial charge in [0.15, 0.2) is 0 Å². The number of benzene rings is 1. The Morgan fingerprint density at radius 1 is 1.38 bits per heavy atom. The highest BCUT2D eigenvalue weighted by Crippen LogP contribution is 2.30. The molecule has 21 heavy (non-hydrogen) atoms. The number of carbonyl (C=O) groups excluding carboxylic acids is 1. The van der Waals surface area contributed by atoms with Gasteiger partial charge in [-0.25, -0.2) is 0 Å². The molecule has 1 atom stereocenters. The van der Waals surface area contributed by atoms with Gasteiger partial charge in [0, 0.05) is 24.7 Å². The fraction of sp³-hybridized carbons (Fsp3) is 0.562. The summed E-state index contributed by atoms with van der Waals surface area (Å²) in [4.78, 5) is 12.5. The summed E-state index contributed by atoms with van der Waals surface area (Å²) in [5.74, 6) is 1.59. The van der Waals surface area contributed by atoms with Crippen molar-refractivity contribution < 1.29 is 14.3 Å². The Morgan fingerprint density at radius 2 is 2.19 bits per heavy atom. The minimum absolute atomic E-state index is 0.118. The predicted molar refractivity (Wildman–Crippen MR) is 81.6 cm³/mol. The van der Waals surface area contributed by atoms with E-state index in [4.69, 9.17) is 9.47 Å². The van der Waals surface area contributed by atoms with Crippen molar-refractivity contribution in [3.63, 3.8) is 0 Å². The van der Waals surface area contributed by atoms with Crippen LogP contribution in [0.5, 0.6) is 11.5 Å². The van der Waals surface area contributed by atoms with Gasteiger partial charge < -0.3 is 20.1 Å². The smallest absolute Gasteiger partial charge is 0.227 e. The van der Waals surface area contributed by atoms with Gasteiger partial charge in [0.05, 0.1) is 19.6 Å². The number of nitrogens with one attached hydrogen (secondary N) is 2. The Bertz CT molecular complexity index is 496. The van der Waals surface area contributed by atoms with Crippen LogP contribution in [0.1, 0.15) is 25.3 Å². The van der Waals surface area contributed by atoms with E-state index in [1.807, 2.05) is 18.2 Å². The molecule has 116 valence electrons. The van der Waals surface area contributed by atoms with Crippen molar-refractivity contribution in [2.75, 3.05) is 27.3 Å². The lowest BCUT2D eigenvalue weighted by Gasteiger charge is -2.25. The lowest BCUT2D eigenvalue weighted by molar-refractivity contribution is -0.130. The molecule has 0 aliphatic carbocycles. The quantitative estimate of drug-likeness (QED) is 0.838. The molecule has 2 rings (SSSR count). The van der Waals surface area contributed by atoms with Crippen LogP contribution in [0.3, 0.4) is 0 Å². The van der Waals surface area contributed by atoms with Crippen LogP contribution >= 0.6 is 0 Å². The third-order valence-corrected chi connectivity index (χ3v) is 4.34. The summed E-state index contributed by atoms with van der Waals surface area (Å²) in [6.45, 7) is 4.20.